The predicted molar refractivity (Wildman–Crippen MR) is 102 cm³/mol. The largest absolute Gasteiger partial charge is 0.369 e. The molecule has 2 atom stereocenters. The Balaban J connectivity index is 1.62. The van der Waals surface area contributed by atoms with Gasteiger partial charge in [-0.05, 0) is 24.6 Å². The summed E-state index contributed by atoms with van der Waals surface area (Å²) in [5.41, 5.74) is 2.39. The van der Waals surface area contributed by atoms with Crippen LogP contribution in [-0.2, 0) is 4.79 Å². The van der Waals surface area contributed by atoms with Gasteiger partial charge in [0.05, 0.1) is 5.69 Å². The molecule has 1 aliphatic heterocycles. The summed E-state index contributed by atoms with van der Waals surface area (Å²) in [7, 11) is 1.74. The van der Waals surface area contributed by atoms with Crippen LogP contribution in [0.1, 0.15) is 23.1 Å². The fraction of sp³-hybridized carbons (Fsp3) is 0.350. The SMILES string of the molecule is Cc1ccncc1C1=Cc2cnc(NCC3(C=O)CC3(F)F)cc2N(C)C1O. The maximum atomic E-state index is 13.4. The molecule has 0 saturated heterocycles. The molecule has 1 aliphatic carbocycles. The van der Waals surface area contributed by atoms with Crippen LogP contribution in [0.4, 0.5) is 20.3 Å². The topological polar surface area (TPSA) is 78.4 Å². The van der Waals surface area contributed by atoms with Crippen molar-refractivity contribution in [3.8, 4) is 0 Å². The smallest absolute Gasteiger partial charge is 0.263 e. The first-order valence-corrected chi connectivity index (χ1v) is 8.89. The minimum atomic E-state index is -2.97. The summed E-state index contributed by atoms with van der Waals surface area (Å²) in [4.78, 5) is 21.2. The van der Waals surface area contributed by atoms with Gasteiger partial charge in [-0.3, -0.25) is 4.98 Å². The summed E-state index contributed by atoms with van der Waals surface area (Å²) in [5.74, 6) is -2.60. The maximum Gasteiger partial charge on any atom is 0.263 e. The van der Waals surface area contributed by atoms with Crippen LogP contribution < -0.4 is 10.2 Å². The molecular weight excluding hydrogens is 366 g/mol. The number of hydrogen-bond donors (Lipinski definition) is 2. The van der Waals surface area contributed by atoms with Crippen LogP contribution in [0.2, 0.25) is 0 Å². The number of aliphatic hydroxyl groups is 1. The van der Waals surface area contributed by atoms with E-state index >= 15 is 0 Å². The molecule has 2 aromatic rings. The maximum absolute atomic E-state index is 13.4. The molecule has 0 radical (unpaired) electrons. The Morgan fingerprint density at radius 2 is 2.18 bits per heavy atom. The lowest BCUT2D eigenvalue weighted by molar-refractivity contribution is -0.114. The predicted octanol–water partition coefficient (Wildman–Crippen LogP) is 2.73. The number of aromatic nitrogens is 2. The van der Waals surface area contributed by atoms with Crippen molar-refractivity contribution in [2.75, 3.05) is 23.8 Å². The molecule has 2 aliphatic rings. The average molecular weight is 386 g/mol. The number of alkyl halides is 2. The third kappa shape index (κ3) is 2.84. The van der Waals surface area contributed by atoms with Gasteiger partial charge in [0.2, 0.25) is 0 Å². The number of hydrogen-bond acceptors (Lipinski definition) is 6. The lowest BCUT2D eigenvalue weighted by atomic mass is 9.95. The van der Waals surface area contributed by atoms with Crippen LogP contribution in [0.15, 0.2) is 30.7 Å². The number of halogens is 2. The molecule has 0 aromatic carbocycles. The zero-order valence-electron chi connectivity index (χ0n) is 15.5. The van der Waals surface area contributed by atoms with Gasteiger partial charge in [-0.1, -0.05) is 0 Å². The highest BCUT2D eigenvalue weighted by Gasteiger charge is 2.71. The molecule has 3 heterocycles. The van der Waals surface area contributed by atoms with E-state index in [0.29, 0.717) is 23.4 Å². The molecule has 0 bridgehead atoms. The van der Waals surface area contributed by atoms with E-state index in [0.717, 1.165) is 16.7 Å². The van der Waals surface area contributed by atoms with Gasteiger partial charge in [-0.15, -0.1) is 0 Å². The Labute approximate surface area is 160 Å². The van der Waals surface area contributed by atoms with Crippen LogP contribution >= 0.6 is 0 Å². The van der Waals surface area contributed by atoms with Crippen molar-refractivity contribution in [2.24, 2.45) is 5.41 Å². The van der Waals surface area contributed by atoms with Gasteiger partial charge in [0.1, 0.15) is 17.5 Å². The monoisotopic (exact) mass is 386 g/mol. The minimum absolute atomic E-state index is 0.183. The summed E-state index contributed by atoms with van der Waals surface area (Å²) in [6.45, 7) is 1.76. The molecule has 2 aromatic heterocycles. The van der Waals surface area contributed by atoms with Crippen molar-refractivity contribution >= 4 is 29.4 Å². The van der Waals surface area contributed by atoms with Gasteiger partial charge in [0.15, 0.2) is 6.23 Å². The third-order valence-corrected chi connectivity index (χ3v) is 5.55. The molecule has 2 unspecified atom stereocenters. The van der Waals surface area contributed by atoms with E-state index in [1.807, 2.05) is 19.1 Å². The first-order valence-electron chi connectivity index (χ1n) is 8.89. The second-order valence-electron chi connectivity index (χ2n) is 7.41. The van der Waals surface area contributed by atoms with Gasteiger partial charge >= 0.3 is 0 Å². The van der Waals surface area contributed by atoms with Crippen LogP contribution in [-0.4, -0.2) is 47.1 Å². The fourth-order valence-electron chi connectivity index (χ4n) is 3.50. The molecule has 146 valence electrons. The molecule has 0 amide bonds. The zero-order chi connectivity index (χ0) is 20.1. The highest BCUT2D eigenvalue weighted by atomic mass is 19.3. The first-order chi connectivity index (χ1) is 13.3. The number of nitrogens with one attached hydrogen (secondary N) is 1. The summed E-state index contributed by atoms with van der Waals surface area (Å²) >= 11 is 0. The summed E-state index contributed by atoms with van der Waals surface area (Å²) in [5, 5.41) is 13.6. The van der Waals surface area contributed by atoms with Crippen molar-refractivity contribution < 1.29 is 18.7 Å². The van der Waals surface area contributed by atoms with Crippen molar-refractivity contribution in [1.29, 1.82) is 0 Å². The molecule has 8 heteroatoms. The number of likely N-dealkylation sites (N-methyl/N-ethyl adjacent to an activating group) is 1. The van der Waals surface area contributed by atoms with Gasteiger partial charge in [0, 0.05) is 61.4 Å². The Morgan fingerprint density at radius 3 is 2.82 bits per heavy atom. The highest BCUT2D eigenvalue weighted by molar-refractivity contribution is 5.92. The quantitative estimate of drug-likeness (QED) is 0.770. The highest BCUT2D eigenvalue weighted by Crippen LogP contribution is 2.58. The summed E-state index contributed by atoms with van der Waals surface area (Å²) in [6.07, 6.45) is 5.85. The minimum Gasteiger partial charge on any atom is -0.369 e. The van der Waals surface area contributed by atoms with E-state index in [4.69, 9.17) is 0 Å². The van der Waals surface area contributed by atoms with Crippen molar-refractivity contribution in [1.82, 2.24) is 9.97 Å². The van der Waals surface area contributed by atoms with E-state index in [2.05, 4.69) is 15.3 Å². The Kier molecular flexibility index (Phi) is 4.19. The Bertz CT molecular complexity index is 978. The number of fused-ring (bicyclic) bond motifs is 1. The molecule has 4 rings (SSSR count). The van der Waals surface area contributed by atoms with E-state index in [1.165, 1.54) is 0 Å². The zero-order valence-corrected chi connectivity index (χ0v) is 15.5. The number of pyridine rings is 2. The van der Waals surface area contributed by atoms with E-state index in [1.54, 1.807) is 36.6 Å². The van der Waals surface area contributed by atoms with Crippen LogP contribution in [0.25, 0.3) is 11.6 Å². The Hall–Kier alpha value is -2.87. The normalized spacial score (nSPS) is 25.0. The molecule has 6 nitrogen and oxygen atoms in total. The van der Waals surface area contributed by atoms with Gasteiger partial charge in [-0.25, -0.2) is 13.8 Å². The number of rotatable bonds is 5. The Morgan fingerprint density at radius 1 is 1.43 bits per heavy atom. The number of carbonyl (C=O) groups excluding carboxylic acids is 1. The molecule has 1 fully saturated rings. The van der Waals surface area contributed by atoms with Gasteiger partial charge < -0.3 is 20.1 Å². The average Bonchev–Trinajstić information content (AvgIpc) is 3.25. The number of aryl methyl sites for hydroxylation is 1. The van der Waals surface area contributed by atoms with E-state index in [-0.39, 0.29) is 6.54 Å². The van der Waals surface area contributed by atoms with Crippen LogP contribution in [0.5, 0.6) is 0 Å². The van der Waals surface area contributed by atoms with Crippen LogP contribution in [0, 0.1) is 12.3 Å². The van der Waals surface area contributed by atoms with Crippen molar-refractivity contribution in [2.45, 2.75) is 25.5 Å². The number of aliphatic hydroxyl groups excluding tert-OH is 1. The van der Waals surface area contributed by atoms with E-state index < -0.39 is 24.0 Å². The third-order valence-electron chi connectivity index (χ3n) is 5.55. The van der Waals surface area contributed by atoms with Crippen molar-refractivity contribution in [3.05, 3.63) is 47.4 Å². The van der Waals surface area contributed by atoms with Crippen molar-refractivity contribution in [3.63, 3.8) is 0 Å². The second-order valence-corrected chi connectivity index (χ2v) is 7.41. The van der Waals surface area contributed by atoms with Gasteiger partial charge in [0.25, 0.3) is 5.92 Å². The number of carbonyl (C=O) groups is 1. The lowest BCUT2D eigenvalue weighted by Crippen LogP contribution is -2.35. The number of nitrogens with zero attached hydrogens (tertiary/aromatic N) is 3. The molecule has 0 spiro atoms. The molecular formula is C20H20F2N4O2. The lowest BCUT2D eigenvalue weighted by Gasteiger charge is -2.33. The van der Waals surface area contributed by atoms with E-state index in [9.17, 15) is 18.7 Å². The van der Waals surface area contributed by atoms with Crippen LogP contribution in [0.3, 0.4) is 0 Å². The number of anilines is 2. The first kappa shape index (κ1) is 18.5. The fourth-order valence-corrected chi connectivity index (χ4v) is 3.50. The summed E-state index contributed by atoms with van der Waals surface area (Å²) < 4.78 is 26.9. The number of aldehydes is 1. The second kappa shape index (κ2) is 6.34. The summed E-state index contributed by atoms with van der Waals surface area (Å²) in [6, 6.07) is 3.56. The molecule has 1 saturated carbocycles. The standard InChI is InChI=1S/C20H20F2N4O2/c1-12-3-4-23-8-15(12)14-5-13-7-24-17(6-16(13)26(2)18(14)28)25-10-19(11-27)9-20(19,21)22/h3-8,11,18,28H,9-10H2,1-2H3,(H,24,25). The molecule has 28 heavy (non-hydrogen) atoms. The molecule has 2 N–H and O–H groups in total. The van der Waals surface area contributed by atoms with Gasteiger partial charge in [-0.2, -0.15) is 0 Å².